The predicted molar refractivity (Wildman–Crippen MR) is 96.3 cm³/mol. The summed E-state index contributed by atoms with van der Waals surface area (Å²) in [7, 11) is 0. The van der Waals surface area contributed by atoms with Gasteiger partial charge in [-0.25, -0.2) is 9.78 Å². The van der Waals surface area contributed by atoms with Crippen molar-refractivity contribution in [3.63, 3.8) is 0 Å². The lowest BCUT2D eigenvalue weighted by atomic mass is 10.2. The van der Waals surface area contributed by atoms with Crippen LogP contribution in [0.25, 0.3) is 22.6 Å². The molecule has 0 aliphatic heterocycles. The second-order valence-electron chi connectivity index (χ2n) is 4.61. The number of benzene rings is 2. The molecular weight excluding hydrogens is 429 g/mol. The summed E-state index contributed by atoms with van der Waals surface area (Å²) < 4.78 is 11.6. The Balaban J connectivity index is 2.01. The number of terminal acetylenes is 1. The zero-order valence-corrected chi connectivity index (χ0v) is 14.6. The van der Waals surface area contributed by atoms with Crippen LogP contribution < -0.4 is 0 Å². The van der Waals surface area contributed by atoms with Crippen molar-refractivity contribution in [1.29, 1.82) is 0 Å². The van der Waals surface area contributed by atoms with Gasteiger partial charge in [0.2, 0.25) is 5.89 Å². The van der Waals surface area contributed by atoms with E-state index < -0.39 is 5.97 Å². The highest BCUT2D eigenvalue weighted by atomic mass is 127. The predicted octanol–water partition coefficient (Wildman–Crippen LogP) is 4.54. The van der Waals surface area contributed by atoms with E-state index in [4.69, 9.17) is 27.2 Å². The fourth-order valence-electron chi connectivity index (χ4n) is 2.02. The lowest BCUT2D eigenvalue weighted by molar-refractivity contribution is 0.0557. The number of oxazole rings is 1. The zero-order chi connectivity index (χ0) is 16.4. The SMILES string of the molecule is C#CCOC(=O)c1ccc2oc(-c3cc(I)ccc3Cl)nc2c1. The van der Waals surface area contributed by atoms with E-state index >= 15 is 0 Å². The number of fused-ring (bicyclic) bond motifs is 1. The molecule has 0 N–H and O–H groups in total. The van der Waals surface area contributed by atoms with Gasteiger partial charge in [-0.2, -0.15) is 0 Å². The summed E-state index contributed by atoms with van der Waals surface area (Å²) in [5.41, 5.74) is 2.17. The maximum absolute atomic E-state index is 11.8. The minimum Gasteiger partial charge on any atom is -0.449 e. The lowest BCUT2D eigenvalue weighted by Crippen LogP contribution is -2.04. The number of rotatable bonds is 3. The molecule has 0 radical (unpaired) electrons. The van der Waals surface area contributed by atoms with Crippen LogP contribution in [-0.2, 0) is 4.74 Å². The number of halogens is 2. The summed E-state index contributed by atoms with van der Waals surface area (Å²) >= 11 is 8.39. The third-order valence-electron chi connectivity index (χ3n) is 3.07. The van der Waals surface area contributed by atoms with Gasteiger partial charge in [0.15, 0.2) is 12.2 Å². The van der Waals surface area contributed by atoms with Gasteiger partial charge >= 0.3 is 5.97 Å². The molecule has 0 saturated heterocycles. The van der Waals surface area contributed by atoms with E-state index in [9.17, 15) is 4.79 Å². The third-order valence-corrected chi connectivity index (χ3v) is 4.07. The molecule has 0 fully saturated rings. The van der Waals surface area contributed by atoms with Gasteiger partial charge in [0.25, 0.3) is 0 Å². The Morgan fingerprint density at radius 1 is 1.35 bits per heavy atom. The van der Waals surface area contributed by atoms with E-state index in [2.05, 4.69) is 33.5 Å². The Kier molecular flexibility index (Phi) is 4.55. The smallest absolute Gasteiger partial charge is 0.339 e. The lowest BCUT2D eigenvalue weighted by Gasteiger charge is -1.99. The zero-order valence-electron chi connectivity index (χ0n) is 11.7. The van der Waals surface area contributed by atoms with Crippen molar-refractivity contribution in [2.45, 2.75) is 0 Å². The quantitative estimate of drug-likeness (QED) is 0.343. The van der Waals surface area contributed by atoms with Crippen molar-refractivity contribution < 1.29 is 13.9 Å². The first-order valence-corrected chi connectivity index (χ1v) is 8.01. The summed E-state index contributed by atoms with van der Waals surface area (Å²) in [6, 6.07) is 10.4. The van der Waals surface area contributed by atoms with Gasteiger partial charge < -0.3 is 9.15 Å². The first kappa shape index (κ1) is 15.8. The molecule has 2 aromatic carbocycles. The Hall–Kier alpha value is -2.04. The second kappa shape index (κ2) is 6.60. The third kappa shape index (κ3) is 3.33. The average Bonchev–Trinajstić information content (AvgIpc) is 2.97. The molecule has 1 heterocycles. The van der Waals surface area contributed by atoms with Crippen molar-refractivity contribution in [2.75, 3.05) is 6.61 Å². The van der Waals surface area contributed by atoms with Crippen LogP contribution in [0.3, 0.4) is 0 Å². The Bertz CT molecular complexity index is 943. The molecule has 0 unspecified atom stereocenters. The van der Waals surface area contributed by atoms with E-state index in [-0.39, 0.29) is 6.61 Å². The molecule has 0 bridgehead atoms. The Morgan fingerprint density at radius 2 is 2.17 bits per heavy atom. The minimum absolute atomic E-state index is 0.0704. The maximum Gasteiger partial charge on any atom is 0.339 e. The number of hydrogen-bond acceptors (Lipinski definition) is 4. The van der Waals surface area contributed by atoms with Gasteiger partial charge in [-0.1, -0.05) is 17.5 Å². The summed E-state index contributed by atoms with van der Waals surface area (Å²) in [4.78, 5) is 16.2. The van der Waals surface area contributed by atoms with Crippen LogP contribution in [0.5, 0.6) is 0 Å². The number of esters is 1. The summed E-state index contributed by atoms with van der Waals surface area (Å²) in [5.74, 6) is 2.15. The van der Waals surface area contributed by atoms with Crippen LogP contribution in [0.15, 0.2) is 40.8 Å². The molecule has 0 saturated carbocycles. The van der Waals surface area contributed by atoms with Crippen LogP contribution in [0.2, 0.25) is 5.02 Å². The molecule has 23 heavy (non-hydrogen) atoms. The van der Waals surface area contributed by atoms with E-state index in [0.717, 1.165) is 3.57 Å². The number of nitrogens with zero attached hydrogens (tertiary/aromatic N) is 1. The molecule has 3 aromatic rings. The van der Waals surface area contributed by atoms with Crippen molar-refractivity contribution in [3.05, 3.63) is 50.6 Å². The Labute approximate surface area is 150 Å². The highest BCUT2D eigenvalue weighted by Gasteiger charge is 2.14. The van der Waals surface area contributed by atoms with Crippen molar-refractivity contribution in [1.82, 2.24) is 4.98 Å². The molecule has 0 aliphatic rings. The van der Waals surface area contributed by atoms with Crippen LogP contribution in [0.4, 0.5) is 0 Å². The Morgan fingerprint density at radius 3 is 2.96 bits per heavy atom. The number of hydrogen-bond donors (Lipinski definition) is 0. The first-order valence-electron chi connectivity index (χ1n) is 6.55. The molecule has 6 heteroatoms. The van der Waals surface area contributed by atoms with Crippen molar-refractivity contribution >= 4 is 51.3 Å². The minimum atomic E-state index is -0.498. The number of ether oxygens (including phenoxy) is 1. The second-order valence-corrected chi connectivity index (χ2v) is 6.26. The van der Waals surface area contributed by atoms with Gasteiger partial charge in [-0.15, -0.1) is 6.42 Å². The molecule has 3 rings (SSSR count). The molecule has 0 aliphatic carbocycles. The summed E-state index contributed by atoms with van der Waals surface area (Å²) in [6.07, 6.45) is 5.07. The molecule has 0 spiro atoms. The first-order chi connectivity index (χ1) is 11.1. The van der Waals surface area contributed by atoms with E-state index in [1.165, 1.54) is 0 Å². The monoisotopic (exact) mass is 437 g/mol. The average molecular weight is 438 g/mol. The molecule has 114 valence electrons. The van der Waals surface area contributed by atoms with Crippen LogP contribution >= 0.6 is 34.2 Å². The fraction of sp³-hybridized carbons (Fsp3) is 0.0588. The highest BCUT2D eigenvalue weighted by molar-refractivity contribution is 14.1. The number of carbonyl (C=O) groups excluding carboxylic acids is 1. The van der Waals surface area contributed by atoms with Crippen LogP contribution in [0, 0.1) is 15.9 Å². The number of aromatic nitrogens is 1. The van der Waals surface area contributed by atoms with E-state index in [0.29, 0.717) is 33.1 Å². The molecule has 1 aromatic heterocycles. The number of carbonyl (C=O) groups is 1. The van der Waals surface area contributed by atoms with Crippen LogP contribution in [0.1, 0.15) is 10.4 Å². The molecule has 4 nitrogen and oxygen atoms in total. The van der Waals surface area contributed by atoms with Gasteiger partial charge in [-0.05, 0) is 59.0 Å². The van der Waals surface area contributed by atoms with Gasteiger partial charge in [-0.3, -0.25) is 0 Å². The van der Waals surface area contributed by atoms with Crippen molar-refractivity contribution in [2.24, 2.45) is 0 Å². The van der Waals surface area contributed by atoms with Gasteiger partial charge in [0, 0.05) is 3.57 Å². The van der Waals surface area contributed by atoms with Crippen molar-refractivity contribution in [3.8, 4) is 23.8 Å². The largest absolute Gasteiger partial charge is 0.449 e. The van der Waals surface area contributed by atoms with E-state index in [1.807, 2.05) is 12.1 Å². The molecule has 0 amide bonds. The summed E-state index contributed by atoms with van der Waals surface area (Å²) in [5, 5.41) is 0.547. The van der Waals surface area contributed by atoms with Crippen LogP contribution in [-0.4, -0.2) is 17.6 Å². The highest BCUT2D eigenvalue weighted by Crippen LogP contribution is 2.31. The fourth-order valence-corrected chi connectivity index (χ4v) is 2.71. The van der Waals surface area contributed by atoms with E-state index in [1.54, 1.807) is 24.3 Å². The molecular formula is C17H9ClINO3. The standard InChI is InChI=1S/C17H9ClINO3/c1-2-7-22-17(21)10-3-6-15-14(8-10)20-16(23-15)12-9-11(19)4-5-13(12)18/h1,3-6,8-9H,7H2. The maximum atomic E-state index is 11.8. The topological polar surface area (TPSA) is 52.3 Å². The van der Waals surface area contributed by atoms with Gasteiger partial charge in [0.1, 0.15) is 5.52 Å². The van der Waals surface area contributed by atoms with Gasteiger partial charge in [0.05, 0.1) is 16.1 Å². The summed E-state index contributed by atoms with van der Waals surface area (Å²) in [6.45, 7) is -0.0704. The molecule has 0 atom stereocenters. The normalized spacial score (nSPS) is 10.5.